The summed E-state index contributed by atoms with van der Waals surface area (Å²) >= 11 is 0. The van der Waals surface area contributed by atoms with Crippen LogP contribution in [-0.2, 0) is 0 Å². The Morgan fingerprint density at radius 3 is 1.78 bits per heavy atom. The number of nitrogens with zero attached hydrogens (tertiary/aromatic N) is 2. The van der Waals surface area contributed by atoms with Crippen LogP contribution in [0, 0.1) is 0 Å². The molecule has 0 aromatic heterocycles. The lowest BCUT2D eigenvalue weighted by Crippen LogP contribution is -2.64. The zero-order chi connectivity index (χ0) is 14.0. The van der Waals surface area contributed by atoms with Crippen LogP contribution in [-0.4, -0.2) is 26.7 Å². The fourth-order valence-electron chi connectivity index (χ4n) is 2.24. The summed E-state index contributed by atoms with van der Waals surface area (Å²) in [7, 11) is -3.37. The molecule has 0 aliphatic carbocycles. The van der Waals surface area contributed by atoms with Gasteiger partial charge in [-0.1, -0.05) is 57.5 Å². The molecule has 18 heavy (non-hydrogen) atoms. The molecular formula is C13H23N2OSi2-. The maximum absolute atomic E-state index is 12.4. The van der Waals surface area contributed by atoms with Gasteiger partial charge in [0.2, 0.25) is 0 Å². The van der Waals surface area contributed by atoms with E-state index in [4.69, 9.17) is 0 Å². The molecule has 0 radical (unpaired) electrons. The van der Waals surface area contributed by atoms with Crippen LogP contribution in [0.4, 0.5) is 5.69 Å². The van der Waals surface area contributed by atoms with E-state index in [9.17, 15) is 5.11 Å². The largest absolute Gasteiger partial charge is 0.847 e. The Morgan fingerprint density at radius 1 is 0.944 bits per heavy atom. The number of amidine groups is 1. The van der Waals surface area contributed by atoms with Crippen molar-refractivity contribution in [2.45, 2.75) is 39.3 Å². The Bertz CT molecular complexity index is 405. The van der Waals surface area contributed by atoms with Gasteiger partial charge in [0.1, 0.15) is 16.5 Å². The van der Waals surface area contributed by atoms with Crippen LogP contribution in [0.3, 0.4) is 0 Å². The standard InChI is InChI=1S/C13H24N2OSi2/c1-17(2,3)15(18(4,5)6)13(16)14-12-10-8-7-9-11-12/h7-11H,1-6H3,(H,14,16)/p-1. The van der Waals surface area contributed by atoms with Crippen LogP contribution in [0.1, 0.15) is 0 Å². The van der Waals surface area contributed by atoms with E-state index in [0.717, 1.165) is 5.69 Å². The summed E-state index contributed by atoms with van der Waals surface area (Å²) in [6.45, 7) is 13.2. The topological polar surface area (TPSA) is 38.7 Å². The second-order valence-corrected chi connectivity index (χ2v) is 16.4. The molecule has 0 spiro atoms. The van der Waals surface area contributed by atoms with Crippen molar-refractivity contribution in [3.8, 4) is 0 Å². The van der Waals surface area contributed by atoms with E-state index in [1.807, 2.05) is 30.3 Å². The highest BCUT2D eigenvalue weighted by atomic mass is 28.4. The van der Waals surface area contributed by atoms with Gasteiger partial charge in [-0.15, -0.1) is 0 Å². The first kappa shape index (κ1) is 15.0. The van der Waals surface area contributed by atoms with Gasteiger partial charge in [0.05, 0.1) is 5.69 Å². The van der Waals surface area contributed by atoms with Crippen LogP contribution in [0.5, 0.6) is 0 Å². The fraction of sp³-hybridized carbons (Fsp3) is 0.462. The minimum atomic E-state index is -1.69. The zero-order valence-corrected chi connectivity index (χ0v) is 14.2. The number of para-hydroxylation sites is 1. The summed E-state index contributed by atoms with van der Waals surface area (Å²) in [5.74, 6) is 0. The zero-order valence-electron chi connectivity index (χ0n) is 12.2. The first-order chi connectivity index (χ1) is 8.12. The molecule has 0 heterocycles. The van der Waals surface area contributed by atoms with Gasteiger partial charge in [0, 0.05) is 6.02 Å². The highest BCUT2D eigenvalue weighted by molar-refractivity contribution is 6.92. The quantitative estimate of drug-likeness (QED) is 0.485. The average molecular weight is 280 g/mol. The minimum absolute atomic E-state index is 0.0699. The average Bonchev–Trinajstić information content (AvgIpc) is 2.13. The van der Waals surface area contributed by atoms with E-state index >= 15 is 0 Å². The Hall–Kier alpha value is -1.08. The molecule has 100 valence electrons. The molecule has 1 rings (SSSR count). The van der Waals surface area contributed by atoms with Crippen LogP contribution in [0.15, 0.2) is 35.3 Å². The monoisotopic (exact) mass is 279 g/mol. The second kappa shape index (κ2) is 5.28. The van der Waals surface area contributed by atoms with E-state index in [1.54, 1.807) is 0 Å². The molecule has 1 aromatic rings. The smallest absolute Gasteiger partial charge is 0.138 e. The van der Waals surface area contributed by atoms with Crippen molar-refractivity contribution >= 4 is 28.2 Å². The first-order valence-corrected chi connectivity index (χ1v) is 13.1. The lowest BCUT2D eigenvalue weighted by molar-refractivity contribution is -0.226. The summed E-state index contributed by atoms with van der Waals surface area (Å²) in [5.41, 5.74) is 0.740. The molecule has 0 unspecified atom stereocenters. The van der Waals surface area contributed by atoms with Gasteiger partial charge < -0.3 is 9.34 Å². The molecule has 1 aromatic carbocycles. The minimum Gasteiger partial charge on any atom is -0.847 e. The summed E-state index contributed by atoms with van der Waals surface area (Å²) in [5, 5.41) is 12.4. The maximum Gasteiger partial charge on any atom is 0.138 e. The predicted octanol–water partition coefficient (Wildman–Crippen LogP) is 3.01. The van der Waals surface area contributed by atoms with E-state index < -0.39 is 16.5 Å². The highest BCUT2D eigenvalue weighted by Crippen LogP contribution is 2.21. The van der Waals surface area contributed by atoms with Gasteiger partial charge in [0.25, 0.3) is 0 Å². The van der Waals surface area contributed by atoms with Crippen LogP contribution in [0.25, 0.3) is 0 Å². The van der Waals surface area contributed by atoms with Crippen molar-refractivity contribution in [2.24, 2.45) is 4.99 Å². The number of hydrogen-bond donors (Lipinski definition) is 0. The van der Waals surface area contributed by atoms with Crippen molar-refractivity contribution in [3.63, 3.8) is 0 Å². The molecule has 0 saturated heterocycles. The van der Waals surface area contributed by atoms with Crippen LogP contribution >= 0.6 is 0 Å². The lowest BCUT2D eigenvalue weighted by atomic mass is 10.3. The number of hydrogen-bond acceptors (Lipinski definition) is 2. The molecule has 3 nitrogen and oxygen atoms in total. The number of aliphatic imine (C=N–C) groups is 1. The SMILES string of the molecule is C[Si](C)(C)N(C([O-])=Nc1ccccc1)[Si](C)(C)C. The Morgan fingerprint density at radius 2 is 1.39 bits per heavy atom. The Labute approximate surface area is 112 Å². The van der Waals surface area contributed by atoms with Gasteiger partial charge in [-0.2, -0.15) is 0 Å². The molecule has 0 aliphatic heterocycles. The molecule has 0 aliphatic rings. The van der Waals surface area contributed by atoms with Crippen molar-refractivity contribution in [1.82, 2.24) is 4.23 Å². The lowest BCUT2D eigenvalue weighted by Gasteiger charge is -2.48. The maximum atomic E-state index is 12.4. The van der Waals surface area contributed by atoms with Crippen LogP contribution < -0.4 is 5.11 Å². The predicted molar refractivity (Wildman–Crippen MR) is 82.1 cm³/mol. The van der Waals surface area contributed by atoms with Crippen molar-refractivity contribution in [2.75, 3.05) is 0 Å². The first-order valence-electron chi connectivity index (χ1n) is 6.23. The molecule has 5 heteroatoms. The Kier molecular flexibility index (Phi) is 4.39. The van der Waals surface area contributed by atoms with Crippen molar-refractivity contribution in [1.29, 1.82) is 0 Å². The van der Waals surface area contributed by atoms with Gasteiger partial charge in [-0.3, -0.25) is 0 Å². The molecular weight excluding hydrogens is 256 g/mol. The summed E-state index contributed by atoms with van der Waals surface area (Å²) in [6, 6.07) is 9.39. The summed E-state index contributed by atoms with van der Waals surface area (Å²) in [4.78, 5) is 4.25. The Balaban J connectivity index is 3.12. The normalized spacial score (nSPS) is 13.6. The molecule has 0 amide bonds. The summed E-state index contributed by atoms with van der Waals surface area (Å²) < 4.78 is 2.09. The molecule has 0 atom stereocenters. The van der Waals surface area contributed by atoms with Crippen LogP contribution in [0.2, 0.25) is 39.3 Å². The van der Waals surface area contributed by atoms with Gasteiger partial charge in [-0.25, -0.2) is 4.99 Å². The van der Waals surface area contributed by atoms with E-state index in [0.29, 0.717) is 0 Å². The number of rotatable bonds is 3. The van der Waals surface area contributed by atoms with E-state index in [2.05, 4.69) is 48.5 Å². The molecule has 0 bridgehead atoms. The van der Waals surface area contributed by atoms with Crippen molar-refractivity contribution in [3.05, 3.63) is 30.3 Å². The highest BCUT2D eigenvalue weighted by Gasteiger charge is 2.33. The van der Waals surface area contributed by atoms with Gasteiger partial charge in [-0.05, 0) is 12.1 Å². The van der Waals surface area contributed by atoms with Crippen molar-refractivity contribution < 1.29 is 5.11 Å². The van der Waals surface area contributed by atoms with Gasteiger partial charge in [0.15, 0.2) is 0 Å². The fourth-order valence-corrected chi connectivity index (χ4v) is 11.5. The van der Waals surface area contributed by atoms with Gasteiger partial charge >= 0.3 is 0 Å². The third kappa shape index (κ3) is 3.99. The molecule has 0 N–H and O–H groups in total. The third-order valence-electron chi connectivity index (χ3n) is 2.51. The molecule has 0 saturated carbocycles. The summed E-state index contributed by atoms with van der Waals surface area (Å²) in [6.07, 6.45) is 0. The second-order valence-electron chi connectivity index (χ2n) is 6.41. The number of benzene rings is 1. The molecule has 0 fully saturated rings. The van der Waals surface area contributed by atoms with E-state index in [-0.39, 0.29) is 6.02 Å². The third-order valence-corrected chi connectivity index (χ3v) is 9.60. The van der Waals surface area contributed by atoms with E-state index in [1.165, 1.54) is 0 Å².